The molecule has 0 aliphatic carbocycles. The number of aliphatic imine (C=N–C) groups is 4. The van der Waals surface area contributed by atoms with Gasteiger partial charge < -0.3 is 0 Å². The molecule has 0 radical (unpaired) electrons. The van der Waals surface area contributed by atoms with E-state index >= 15 is 0 Å². The summed E-state index contributed by atoms with van der Waals surface area (Å²) < 4.78 is 5.92. The van der Waals surface area contributed by atoms with Gasteiger partial charge in [-0.1, -0.05) is 0 Å². The van der Waals surface area contributed by atoms with E-state index in [2.05, 4.69) is 97.1 Å². The summed E-state index contributed by atoms with van der Waals surface area (Å²) in [6.45, 7) is 2.76. The van der Waals surface area contributed by atoms with E-state index in [9.17, 15) is 0 Å². The number of hydrogen-bond donors (Lipinski definition) is 0. The quantitative estimate of drug-likeness (QED) is 0.245. The summed E-state index contributed by atoms with van der Waals surface area (Å²) in [5, 5.41) is 0. The number of benzene rings is 4. The first kappa shape index (κ1) is 27.0. The van der Waals surface area contributed by atoms with Crippen molar-refractivity contribution >= 4 is 37.1 Å². The molecule has 6 heteroatoms. The molecule has 0 spiro atoms. The second-order valence-corrected chi connectivity index (χ2v) is 23.9. The standard InChI is InChI=1S/2C16H14N2.2Hg/c2*1-3-7-15(8-4-1)13-17-11-12-18-14-16-9-5-2-6-10-16;;/h2*1-7,9,13-14H,11-12H2;;. The molecule has 0 bridgehead atoms. The van der Waals surface area contributed by atoms with Crippen molar-refractivity contribution in [3.05, 3.63) is 119 Å². The third kappa shape index (κ3) is 7.73. The molecule has 0 fully saturated rings. The molecule has 0 amide bonds. The van der Waals surface area contributed by atoms with Gasteiger partial charge in [0.1, 0.15) is 0 Å². The Hall–Kier alpha value is -2.57. The van der Waals surface area contributed by atoms with Crippen molar-refractivity contribution in [1.29, 1.82) is 0 Å². The van der Waals surface area contributed by atoms with E-state index in [-0.39, 0.29) is 0 Å². The van der Waals surface area contributed by atoms with E-state index in [1.807, 2.05) is 24.9 Å². The molecular weight excluding hydrogens is 842 g/mol. The van der Waals surface area contributed by atoms with Crippen LogP contribution < -0.4 is 12.3 Å². The summed E-state index contributed by atoms with van der Waals surface area (Å²) >= 11 is -3.19. The molecule has 0 saturated heterocycles. The van der Waals surface area contributed by atoms with Crippen LogP contribution in [0, 0.1) is 0 Å². The van der Waals surface area contributed by atoms with Crippen molar-refractivity contribution < 1.29 is 49.1 Å². The van der Waals surface area contributed by atoms with E-state index < -0.39 is 49.1 Å². The van der Waals surface area contributed by atoms with Gasteiger partial charge in [-0.3, -0.25) is 0 Å². The minimum absolute atomic E-state index is 0.691. The van der Waals surface area contributed by atoms with E-state index in [0.29, 0.717) is 26.2 Å². The molecule has 4 aromatic rings. The Bertz CT molecular complexity index is 1270. The number of rotatable bonds is 0. The number of hydrogen-bond acceptors (Lipinski definition) is 4. The Labute approximate surface area is 249 Å². The number of fused-ring (bicyclic) bond motifs is 4. The van der Waals surface area contributed by atoms with Gasteiger partial charge in [-0.25, -0.2) is 0 Å². The first-order chi connectivity index (χ1) is 18.9. The van der Waals surface area contributed by atoms with Crippen molar-refractivity contribution in [2.24, 2.45) is 20.0 Å². The second kappa shape index (κ2) is 14.5. The molecule has 4 nitrogen and oxygen atoms in total. The SMILES string of the molecule is C1=NCCN=Cc2cccc[c]2[Hg][c]2ccccc2C=NCCN=Cc2cccc[c]2[Hg][c]2ccccc21. The zero-order valence-electron chi connectivity index (χ0n) is 21.6. The fourth-order valence-electron chi connectivity index (χ4n) is 4.58. The fraction of sp³-hybridized carbons (Fsp3) is 0.125. The van der Waals surface area contributed by atoms with Crippen molar-refractivity contribution in [2.45, 2.75) is 0 Å². The third-order valence-corrected chi connectivity index (χ3v) is 22.6. The summed E-state index contributed by atoms with van der Waals surface area (Å²) in [5.41, 5.74) is 5.00. The summed E-state index contributed by atoms with van der Waals surface area (Å²) in [5.74, 6) is 0. The molecule has 1 aliphatic rings. The zero-order valence-corrected chi connectivity index (χ0v) is 32.6. The maximum absolute atomic E-state index is 4.74. The van der Waals surface area contributed by atoms with Crippen molar-refractivity contribution in [3.63, 3.8) is 0 Å². The topological polar surface area (TPSA) is 49.4 Å². The molecule has 4 aromatic carbocycles. The second-order valence-electron chi connectivity index (χ2n) is 9.29. The van der Waals surface area contributed by atoms with E-state index in [4.69, 9.17) is 20.0 Å². The molecule has 0 N–H and O–H groups in total. The Morgan fingerprint density at radius 2 is 0.579 bits per heavy atom. The van der Waals surface area contributed by atoms with Gasteiger partial charge in [0.25, 0.3) is 0 Å². The molecule has 1 aliphatic heterocycles. The van der Waals surface area contributed by atoms with Crippen LogP contribution in [0.2, 0.25) is 0 Å². The molecule has 0 atom stereocenters. The molecule has 1 heterocycles. The van der Waals surface area contributed by atoms with Gasteiger partial charge in [0.15, 0.2) is 0 Å². The van der Waals surface area contributed by atoms with Crippen LogP contribution in [0.15, 0.2) is 117 Å². The maximum atomic E-state index is 4.74. The molecule has 0 unspecified atom stereocenters. The van der Waals surface area contributed by atoms with Gasteiger partial charge in [-0.15, -0.1) is 0 Å². The van der Waals surface area contributed by atoms with Crippen LogP contribution in [0.5, 0.6) is 0 Å². The number of nitrogens with zero attached hydrogens (tertiary/aromatic N) is 4. The van der Waals surface area contributed by atoms with Gasteiger partial charge in [0.05, 0.1) is 0 Å². The van der Waals surface area contributed by atoms with Crippen LogP contribution in [-0.4, -0.2) is 51.0 Å². The van der Waals surface area contributed by atoms with E-state index in [1.165, 1.54) is 34.5 Å². The average molecular weight is 870 g/mol. The van der Waals surface area contributed by atoms with Crippen molar-refractivity contribution in [1.82, 2.24) is 0 Å². The van der Waals surface area contributed by atoms with Crippen LogP contribution in [0.25, 0.3) is 0 Å². The van der Waals surface area contributed by atoms with E-state index in [1.54, 1.807) is 0 Å². The summed E-state index contributed by atoms with van der Waals surface area (Å²) in [7, 11) is 0. The van der Waals surface area contributed by atoms with Crippen LogP contribution in [0.4, 0.5) is 0 Å². The predicted octanol–water partition coefficient (Wildman–Crippen LogP) is 3.14. The van der Waals surface area contributed by atoms with Crippen molar-refractivity contribution in [3.8, 4) is 0 Å². The Kier molecular flexibility index (Phi) is 10.3. The summed E-state index contributed by atoms with van der Waals surface area (Å²) in [6.07, 6.45) is 8.20. The molecule has 5 rings (SSSR count). The minimum atomic E-state index is -1.59. The molecule has 0 saturated carbocycles. The van der Waals surface area contributed by atoms with Gasteiger partial charge in [-0.2, -0.15) is 0 Å². The summed E-state index contributed by atoms with van der Waals surface area (Å²) in [4.78, 5) is 18.9. The van der Waals surface area contributed by atoms with Crippen LogP contribution in [-0.2, 0) is 49.1 Å². The van der Waals surface area contributed by atoms with Crippen molar-refractivity contribution in [2.75, 3.05) is 26.2 Å². The average Bonchev–Trinajstić information content (AvgIpc) is 2.95. The van der Waals surface area contributed by atoms with Gasteiger partial charge in [0, 0.05) is 0 Å². The zero-order chi connectivity index (χ0) is 25.8. The van der Waals surface area contributed by atoms with Crippen LogP contribution >= 0.6 is 0 Å². The monoisotopic (exact) mass is 872 g/mol. The third-order valence-electron chi connectivity index (χ3n) is 6.62. The molecule has 180 valence electrons. The Morgan fingerprint density at radius 3 is 0.842 bits per heavy atom. The van der Waals surface area contributed by atoms with Gasteiger partial charge >= 0.3 is 252 Å². The fourth-order valence-corrected chi connectivity index (χ4v) is 18.1. The van der Waals surface area contributed by atoms with Gasteiger partial charge in [0.2, 0.25) is 0 Å². The predicted molar refractivity (Wildman–Crippen MR) is 154 cm³/mol. The molecular formula is C32H28Hg2N4. The first-order valence-corrected chi connectivity index (χ1v) is 24.2. The Balaban J connectivity index is 1.44. The summed E-state index contributed by atoms with van der Waals surface area (Å²) in [6, 6.07) is 34.9. The normalized spacial score (nSPS) is 13.5. The Morgan fingerprint density at radius 1 is 0.342 bits per heavy atom. The van der Waals surface area contributed by atoms with Crippen LogP contribution in [0.3, 0.4) is 0 Å². The van der Waals surface area contributed by atoms with E-state index in [0.717, 1.165) is 0 Å². The van der Waals surface area contributed by atoms with Gasteiger partial charge in [-0.05, 0) is 0 Å². The molecule has 0 aromatic heterocycles. The van der Waals surface area contributed by atoms with Crippen LogP contribution in [0.1, 0.15) is 22.3 Å². The molecule has 38 heavy (non-hydrogen) atoms. The first-order valence-electron chi connectivity index (χ1n) is 13.2.